The van der Waals surface area contributed by atoms with Gasteiger partial charge in [0.2, 0.25) is 5.91 Å². The van der Waals surface area contributed by atoms with Gasteiger partial charge in [0.25, 0.3) is 5.91 Å². The van der Waals surface area contributed by atoms with Crippen LogP contribution in [0.25, 0.3) is 0 Å². The van der Waals surface area contributed by atoms with Gasteiger partial charge in [-0.2, -0.15) is 0 Å². The molecule has 2 amide bonds. The molecule has 0 bridgehead atoms. The molecular formula is C20H22N2O5. The Kier molecular flexibility index (Phi) is 5.80. The Morgan fingerprint density at radius 3 is 2.63 bits per heavy atom. The lowest BCUT2D eigenvalue weighted by Crippen LogP contribution is -2.43. The van der Waals surface area contributed by atoms with Crippen LogP contribution in [-0.4, -0.2) is 38.2 Å². The molecule has 0 saturated heterocycles. The van der Waals surface area contributed by atoms with Gasteiger partial charge >= 0.3 is 0 Å². The number of rotatable bonds is 7. The summed E-state index contributed by atoms with van der Waals surface area (Å²) in [4.78, 5) is 26.1. The Morgan fingerprint density at radius 1 is 1.11 bits per heavy atom. The molecule has 142 valence electrons. The molecule has 1 N–H and O–H groups in total. The SMILES string of the molecule is CCOc1ccc(NC(=O)CN2C(=O)COc3ccccc32)cc1OCC. The monoisotopic (exact) mass is 370 g/mol. The minimum Gasteiger partial charge on any atom is -0.490 e. The van der Waals surface area contributed by atoms with Crippen molar-refractivity contribution < 1.29 is 23.8 Å². The third-order valence-corrected chi connectivity index (χ3v) is 3.94. The number of benzene rings is 2. The van der Waals surface area contributed by atoms with Crippen LogP contribution in [0.4, 0.5) is 11.4 Å². The smallest absolute Gasteiger partial charge is 0.265 e. The molecule has 0 aromatic heterocycles. The molecular weight excluding hydrogens is 348 g/mol. The summed E-state index contributed by atoms with van der Waals surface area (Å²) >= 11 is 0. The molecule has 0 fully saturated rings. The van der Waals surface area contributed by atoms with Gasteiger partial charge in [-0.15, -0.1) is 0 Å². The molecule has 0 spiro atoms. The molecule has 1 aliphatic heterocycles. The average Bonchev–Trinajstić information content (AvgIpc) is 2.66. The van der Waals surface area contributed by atoms with Gasteiger partial charge in [0.1, 0.15) is 12.3 Å². The summed E-state index contributed by atoms with van der Waals surface area (Å²) in [6.07, 6.45) is 0. The third-order valence-electron chi connectivity index (χ3n) is 3.94. The molecule has 0 saturated carbocycles. The number of hydrogen-bond acceptors (Lipinski definition) is 5. The Morgan fingerprint density at radius 2 is 1.85 bits per heavy atom. The normalized spacial score (nSPS) is 12.8. The van der Waals surface area contributed by atoms with Crippen molar-refractivity contribution in [2.75, 3.05) is 36.6 Å². The van der Waals surface area contributed by atoms with E-state index in [9.17, 15) is 9.59 Å². The largest absolute Gasteiger partial charge is 0.490 e. The lowest BCUT2D eigenvalue weighted by molar-refractivity contribution is -0.123. The average molecular weight is 370 g/mol. The first kappa shape index (κ1) is 18.6. The maximum atomic E-state index is 12.5. The van der Waals surface area contributed by atoms with Crippen LogP contribution in [0.1, 0.15) is 13.8 Å². The van der Waals surface area contributed by atoms with Crippen LogP contribution in [0, 0.1) is 0 Å². The molecule has 0 atom stereocenters. The highest BCUT2D eigenvalue weighted by Gasteiger charge is 2.27. The van der Waals surface area contributed by atoms with Crippen LogP contribution in [-0.2, 0) is 9.59 Å². The summed E-state index contributed by atoms with van der Waals surface area (Å²) in [7, 11) is 0. The molecule has 7 nitrogen and oxygen atoms in total. The molecule has 0 aliphatic carbocycles. The third kappa shape index (κ3) is 4.31. The lowest BCUT2D eigenvalue weighted by Gasteiger charge is -2.28. The van der Waals surface area contributed by atoms with E-state index in [1.807, 2.05) is 19.9 Å². The molecule has 0 radical (unpaired) electrons. The van der Waals surface area contributed by atoms with Gasteiger partial charge in [-0.25, -0.2) is 0 Å². The molecule has 2 aromatic carbocycles. The molecule has 2 aromatic rings. The number of carbonyl (C=O) groups excluding carboxylic acids is 2. The number of carbonyl (C=O) groups is 2. The second kappa shape index (κ2) is 8.44. The Labute approximate surface area is 157 Å². The second-order valence-electron chi connectivity index (χ2n) is 5.81. The summed E-state index contributed by atoms with van der Waals surface area (Å²) in [6, 6.07) is 12.3. The van der Waals surface area contributed by atoms with Crippen molar-refractivity contribution >= 4 is 23.2 Å². The highest BCUT2D eigenvalue weighted by Crippen LogP contribution is 2.32. The van der Waals surface area contributed by atoms with E-state index in [0.717, 1.165) is 0 Å². The fourth-order valence-electron chi connectivity index (χ4n) is 2.80. The number of nitrogens with zero attached hydrogens (tertiary/aromatic N) is 1. The van der Waals surface area contributed by atoms with Gasteiger partial charge in [-0.3, -0.25) is 14.5 Å². The Balaban J connectivity index is 1.72. The van der Waals surface area contributed by atoms with E-state index >= 15 is 0 Å². The second-order valence-corrected chi connectivity index (χ2v) is 5.81. The van der Waals surface area contributed by atoms with Crippen LogP contribution in [0.2, 0.25) is 0 Å². The van der Waals surface area contributed by atoms with Crippen LogP contribution in [0.15, 0.2) is 42.5 Å². The van der Waals surface area contributed by atoms with Gasteiger partial charge < -0.3 is 19.5 Å². The van der Waals surface area contributed by atoms with Crippen LogP contribution in [0.5, 0.6) is 17.2 Å². The minimum absolute atomic E-state index is 0.0815. The fourth-order valence-corrected chi connectivity index (χ4v) is 2.80. The van der Waals surface area contributed by atoms with E-state index in [-0.39, 0.29) is 25.0 Å². The zero-order chi connectivity index (χ0) is 19.2. The van der Waals surface area contributed by atoms with Gasteiger partial charge in [-0.05, 0) is 38.1 Å². The number of hydrogen-bond donors (Lipinski definition) is 1. The molecule has 1 aliphatic rings. The van der Waals surface area contributed by atoms with E-state index in [1.165, 1.54) is 4.90 Å². The van der Waals surface area contributed by atoms with Crippen molar-refractivity contribution in [3.8, 4) is 17.2 Å². The zero-order valence-electron chi connectivity index (χ0n) is 15.4. The van der Waals surface area contributed by atoms with E-state index < -0.39 is 0 Å². The number of ether oxygens (including phenoxy) is 3. The van der Waals surface area contributed by atoms with Gasteiger partial charge in [0, 0.05) is 11.8 Å². The first-order chi connectivity index (χ1) is 13.1. The minimum atomic E-state index is -0.313. The highest BCUT2D eigenvalue weighted by molar-refractivity contribution is 6.05. The summed E-state index contributed by atoms with van der Waals surface area (Å²) in [5.74, 6) is 1.20. The quantitative estimate of drug-likeness (QED) is 0.811. The topological polar surface area (TPSA) is 77.1 Å². The number of nitrogens with one attached hydrogen (secondary N) is 1. The van der Waals surface area contributed by atoms with Crippen molar-refractivity contribution in [1.82, 2.24) is 0 Å². The molecule has 3 rings (SSSR count). The maximum absolute atomic E-state index is 12.5. The number of para-hydroxylation sites is 2. The van der Waals surface area contributed by atoms with Gasteiger partial charge in [0.05, 0.1) is 18.9 Å². The van der Waals surface area contributed by atoms with Gasteiger partial charge in [-0.1, -0.05) is 12.1 Å². The van der Waals surface area contributed by atoms with E-state index in [4.69, 9.17) is 14.2 Å². The zero-order valence-corrected chi connectivity index (χ0v) is 15.4. The van der Waals surface area contributed by atoms with Crippen LogP contribution in [0.3, 0.4) is 0 Å². The predicted octanol–water partition coefficient (Wildman–Crippen LogP) is 2.85. The molecule has 0 unspecified atom stereocenters. The van der Waals surface area contributed by atoms with Crippen molar-refractivity contribution in [2.24, 2.45) is 0 Å². The lowest BCUT2D eigenvalue weighted by atomic mass is 10.2. The van der Waals surface area contributed by atoms with Crippen molar-refractivity contribution in [2.45, 2.75) is 13.8 Å². The number of fused-ring (bicyclic) bond motifs is 1. The number of anilines is 2. The summed E-state index contributed by atoms with van der Waals surface area (Å²) in [5.41, 5.74) is 1.16. The maximum Gasteiger partial charge on any atom is 0.265 e. The van der Waals surface area contributed by atoms with E-state index in [0.29, 0.717) is 41.8 Å². The molecule has 7 heteroatoms. The first-order valence-electron chi connectivity index (χ1n) is 8.84. The van der Waals surface area contributed by atoms with Crippen molar-refractivity contribution in [3.05, 3.63) is 42.5 Å². The van der Waals surface area contributed by atoms with Crippen LogP contribution < -0.4 is 24.4 Å². The molecule has 27 heavy (non-hydrogen) atoms. The predicted molar refractivity (Wildman–Crippen MR) is 102 cm³/mol. The summed E-state index contributed by atoms with van der Waals surface area (Å²) in [6.45, 7) is 4.59. The van der Waals surface area contributed by atoms with Crippen LogP contribution >= 0.6 is 0 Å². The molecule has 1 heterocycles. The Bertz CT molecular complexity index is 837. The first-order valence-corrected chi connectivity index (χ1v) is 8.84. The highest BCUT2D eigenvalue weighted by atomic mass is 16.5. The summed E-state index contributed by atoms with van der Waals surface area (Å²) < 4.78 is 16.5. The standard InChI is InChI=1S/C20H22N2O5/c1-3-25-17-10-9-14(11-18(17)26-4-2)21-19(23)12-22-15-7-5-6-8-16(15)27-13-20(22)24/h5-11H,3-4,12-13H2,1-2H3,(H,21,23). The number of amides is 2. The van der Waals surface area contributed by atoms with Gasteiger partial charge in [0.15, 0.2) is 18.1 Å². The Hall–Kier alpha value is -3.22. The van der Waals surface area contributed by atoms with Crippen molar-refractivity contribution in [1.29, 1.82) is 0 Å². The van der Waals surface area contributed by atoms with E-state index in [1.54, 1.807) is 36.4 Å². The fraction of sp³-hybridized carbons (Fsp3) is 0.300. The van der Waals surface area contributed by atoms with E-state index in [2.05, 4.69) is 5.32 Å². The van der Waals surface area contributed by atoms with Crippen molar-refractivity contribution in [3.63, 3.8) is 0 Å². The summed E-state index contributed by atoms with van der Waals surface area (Å²) in [5, 5.41) is 2.80.